The minimum absolute atomic E-state index is 0.133. The average Bonchev–Trinajstić information content (AvgIpc) is 2.62. The molecule has 0 aliphatic carbocycles. The number of hydrogen-bond acceptors (Lipinski definition) is 5. The molecule has 1 aliphatic rings. The first-order valence-electron chi connectivity index (χ1n) is 9.08. The smallest absolute Gasteiger partial charge is 0.225 e. The maximum Gasteiger partial charge on any atom is 0.225 e. The summed E-state index contributed by atoms with van der Waals surface area (Å²) >= 11 is 0. The molecule has 1 aromatic carbocycles. The number of hydrogen-bond donors (Lipinski definition) is 1. The number of morpholine rings is 1. The first-order chi connectivity index (χ1) is 12.4. The summed E-state index contributed by atoms with van der Waals surface area (Å²) in [5.74, 6) is -0.184. The molecule has 0 unspecified atom stereocenters. The van der Waals surface area contributed by atoms with Crippen molar-refractivity contribution >= 4 is 27.3 Å². The maximum atomic E-state index is 12.4. The van der Waals surface area contributed by atoms with E-state index in [2.05, 4.69) is 10.2 Å². The molecular weight excluding hydrogens is 354 g/mol. The van der Waals surface area contributed by atoms with Crippen LogP contribution in [0.5, 0.6) is 0 Å². The van der Waals surface area contributed by atoms with Crippen LogP contribution in [-0.2, 0) is 19.6 Å². The Bertz CT molecular complexity index is 687. The van der Waals surface area contributed by atoms with E-state index in [4.69, 9.17) is 4.74 Å². The van der Waals surface area contributed by atoms with E-state index >= 15 is 0 Å². The molecule has 1 fully saturated rings. The van der Waals surface area contributed by atoms with Crippen molar-refractivity contribution in [2.45, 2.75) is 26.2 Å². The SMILES string of the molecule is CCCCN(CCC(=O)Nc1ccccc1N1CCOCC1)S(C)(=O)=O. The number of amides is 1. The molecule has 0 radical (unpaired) electrons. The van der Waals surface area contributed by atoms with Gasteiger partial charge >= 0.3 is 0 Å². The lowest BCUT2D eigenvalue weighted by atomic mass is 10.2. The van der Waals surface area contributed by atoms with Gasteiger partial charge in [0.25, 0.3) is 0 Å². The van der Waals surface area contributed by atoms with Gasteiger partial charge in [-0.1, -0.05) is 25.5 Å². The first kappa shape index (κ1) is 20.7. The van der Waals surface area contributed by atoms with Crippen molar-refractivity contribution < 1.29 is 17.9 Å². The lowest BCUT2D eigenvalue weighted by molar-refractivity contribution is -0.116. The van der Waals surface area contributed by atoms with Gasteiger partial charge in [-0.2, -0.15) is 0 Å². The van der Waals surface area contributed by atoms with Crippen LogP contribution in [0.25, 0.3) is 0 Å². The zero-order chi connectivity index (χ0) is 19.0. The van der Waals surface area contributed by atoms with Crippen LogP contribution in [0.3, 0.4) is 0 Å². The van der Waals surface area contributed by atoms with Gasteiger partial charge in [-0.25, -0.2) is 12.7 Å². The highest BCUT2D eigenvalue weighted by atomic mass is 32.2. The second-order valence-electron chi connectivity index (χ2n) is 6.43. The Morgan fingerprint density at radius 2 is 1.92 bits per heavy atom. The van der Waals surface area contributed by atoms with Gasteiger partial charge in [-0.05, 0) is 18.6 Å². The molecule has 1 aromatic rings. The monoisotopic (exact) mass is 383 g/mol. The maximum absolute atomic E-state index is 12.4. The minimum Gasteiger partial charge on any atom is -0.378 e. The third kappa shape index (κ3) is 6.26. The molecule has 1 N–H and O–H groups in total. The van der Waals surface area contributed by atoms with Crippen molar-refractivity contribution in [2.24, 2.45) is 0 Å². The Morgan fingerprint density at radius 3 is 2.58 bits per heavy atom. The van der Waals surface area contributed by atoms with Gasteiger partial charge in [-0.3, -0.25) is 4.79 Å². The minimum atomic E-state index is -3.30. The molecule has 7 nitrogen and oxygen atoms in total. The number of ether oxygens (including phenoxy) is 1. The number of carbonyl (C=O) groups is 1. The van der Waals surface area contributed by atoms with E-state index < -0.39 is 10.0 Å². The molecule has 1 saturated heterocycles. The Labute approximate surface area is 156 Å². The molecule has 8 heteroatoms. The number of nitrogens with zero attached hydrogens (tertiary/aromatic N) is 2. The molecule has 1 aliphatic heterocycles. The molecule has 146 valence electrons. The molecule has 0 bridgehead atoms. The molecule has 1 heterocycles. The van der Waals surface area contributed by atoms with Crippen LogP contribution in [0.4, 0.5) is 11.4 Å². The summed E-state index contributed by atoms with van der Waals surface area (Å²) in [5.41, 5.74) is 1.72. The largest absolute Gasteiger partial charge is 0.378 e. The lowest BCUT2D eigenvalue weighted by Gasteiger charge is -2.30. The Hall–Kier alpha value is -1.64. The number of para-hydroxylation sites is 2. The fourth-order valence-corrected chi connectivity index (χ4v) is 3.76. The third-order valence-corrected chi connectivity index (χ3v) is 5.65. The van der Waals surface area contributed by atoms with Gasteiger partial charge in [0.2, 0.25) is 15.9 Å². The summed E-state index contributed by atoms with van der Waals surface area (Å²) in [4.78, 5) is 14.6. The molecule has 0 spiro atoms. The van der Waals surface area contributed by atoms with Crippen molar-refractivity contribution in [1.82, 2.24) is 4.31 Å². The normalized spacial score (nSPS) is 15.3. The number of carbonyl (C=O) groups excluding carboxylic acids is 1. The second kappa shape index (κ2) is 9.89. The quantitative estimate of drug-likeness (QED) is 0.705. The highest BCUT2D eigenvalue weighted by Crippen LogP contribution is 2.26. The Balaban J connectivity index is 1.97. The second-order valence-corrected chi connectivity index (χ2v) is 8.41. The number of nitrogens with one attached hydrogen (secondary N) is 1. The van der Waals surface area contributed by atoms with E-state index in [1.165, 1.54) is 10.6 Å². The molecule has 0 saturated carbocycles. The van der Waals surface area contributed by atoms with Crippen molar-refractivity contribution in [2.75, 3.05) is 55.9 Å². The van der Waals surface area contributed by atoms with Crippen LogP contribution in [0.15, 0.2) is 24.3 Å². The zero-order valence-electron chi connectivity index (χ0n) is 15.6. The standard InChI is InChI=1S/C18H29N3O4S/c1-3-4-10-21(26(2,23)24)11-9-18(22)19-16-7-5-6-8-17(16)20-12-14-25-15-13-20/h5-8H,3-4,9-15H2,1-2H3,(H,19,22). The Kier molecular flexibility index (Phi) is 7.86. The van der Waals surface area contributed by atoms with Crippen LogP contribution in [-0.4, -0.2) is 64.3 Å². The van der Waals surface area contributed by atoms with Crippen LogP contribution < -0.4 is 10.2 Å². The fraction of sp³-hybridized carbons (Fsp3) is 0.611. The predicted molar refractivity (Wildman–Crippen MR) is 104 cm³/mol. The molecule has 26 heavy (non-hydrogen) atoms. The summed E-state index contributed by atoms with van der Waals surface area (Å²) in [6, 6.07) is 7.67. The van der Waals surface area contributed by atoms with Gasteiger partial charge in [0, 0.05) is 32.6 Å². The average molecular weight is 384 g/mol. The van der Waals surface area contributed by atoms with E-state index in [0.29, 0.717) is 19.8 Å². The number of unbranched alkanes of at least 4 members (excludes halogenated alkanes) is 1. The molecular formula is C18H29N3O4S. The van der Waals surface area contributed by atoms with Crippen molar-refractivity contribution in [3.8, 4) is 0 Å². The summed E-state index contributed by atoms with van der Waals surface area (Å²) in [5, 5.41) is 2.93. The van der Waals surface area contributed by atoms with Crippen LogP contribution >= 0.6 is 0 Å². The van der Waals surface area contributed by atoms with Gasteiger partial charge in [0.15, 0.2) is 0 Å². The van der Waals surface area contributed by atoms with E-state index in [1.54, 1.807) is 0 Å². The molecule has 2 rings (SSSR count). The van der Waals surface area contributed by atoms with Gasteiger partial charge in [0.05, 0.1) is 30.8 Å². The van der Waals surface area contributed by atoms with E-state index in [0.717, 1.165) is 37.3 Å². The molecule has 0 atom stereocenters. The van der Waals surface area contributed by atoms with E-state index in [1.807, 2.05) is 31.2 Å². The zero-order valence-corrected chi connectivity index (χ0v) is 16.4. The summed E-state index contributed by atoms with van der Waals surface area (Å²) in [6.07, 6.45) is 3.02. The highest BCUT2D eigenvalue weighted by molar-refractivity contribution is 7.88. The van der Waals surface area contributed by atoms with Gasteiger partial charge in [0.1, 0.15) is 0 Å². The number of benzene rings is 1. The number of rotatable bonds is 9. The number of anilines is 2. The van der Waals surface area contributed by atoms with Crippen LogP contribution in [0.2, 0.25) is 0 Å². The summed E-state index contributed by atoms with van der Waals surface area (Å²) < 4.78 is 30.4. The Morgan fingerprint density at radius 1 is 1.23 bits per heavy atom. The predicted octanol–water partition coefficient (Wildman–Crippen LogP) is 1.91. The van der Waals surface area contributed by atoms with Crippen LogP contribution in [0, 0.1) is 0 Å². The molecule has 0 aromatic heterocycles. The fourth-order valence-electron chi connectivity index (χ4n) is 2.88. The van der Waals surface area contributed by atoms with Crippen molar-refractivity contribution in [3.63, 3.8) is 0 Å². The first-order valence-corrected chi connectivity index (χ1v) is 10.9. The third-order valence-electron chi connectivity index (χ3n) is 4.35. The van der Waals surface area contributed by atoms with Gasteiger partial charge < -0.3 is 15.0 Å². The van der Waals surface area contributed by atoms with Crippen molar-refractivity contribution in [3.05, 3.63) is 24.3 Å². The number of sulfonamides is 1. The van der Waals surface area contributed by atoms with Crippen LogP contribution in [0.1, 0.15) is 26.2 Å². The lowest BCUT2D eigenvalue weighted by Crippen LogP contribution is -2.37. The topological polar surface area (TPSA) is 79.0 Å². The summed E-state index contributed by atoms with van der Waals surface area (Å²) in [7, 11) is -3.30. The van der Waals surface area contributed by atoms with E-state index in [9.17, 15) is 13.2 Å². The van der Waals surface area contributed by atoms with E-state index in [-0.39, 0.29) is 18.9 Å². The van der Waals surface area contributed by atoms with Gasteiger partial charge in [-0.15, -0.1) is 0 Å². The van der Waals surface area contributed by atoms with Crippen molar-refractivity contribution in [1.29, 1.82) is 0 Å². The highest BCUT2D eigenvalue weighted by Gasteiger charge is 2.19. The molecule has 1 amide bonds. The summed E-state index contributed by atoms with van der Waals surface area (Å²) in [6.45, 7) is 5.57.